The number of azo groups is 1. The van der Waals surface area contributed by atoms with Crippen LogP contribution in [0.4, 0.5) is 15.9 Å². The van der Waals surface area contributed by atoms with E-state index in [2.05, 4.69) is 15.2 Å². The third-order valence-electron chi connectivity index (χ3n) is 3.46. The van der Waals surface area contributed by atoms with Crippen molar-refractivity contribution in [2.45, 2.75) is 13.3 Å². The molecule has 122 valence electrons. The van der Waals surface area contributed by atoms with Gasteiger partial charge >= 0.3 is 5.97 Å². The van der Waals surface area contributed by atoms with Gasteiger partial charge in [-0.15, -0.1) is 10.2 Å². The van der Waals surface area contributed by atoms with E-state index in [0.29, 0.717) is 17.2 Å². The van der Waals surface area contributed by atoms with Gasteiger partial charge in [0.2, 0.25) is 0 Å². The van der Waals surface area contributed by atoms with Gasteiger partial charge in [0.15, 0.2) is 11.6 Å². The zero-order chi connectivity index (χ0) is 17.1. The third kappa shape index (κ3) is 3.15. The molecule has 0 N–H and O–H groups in total. The van der Waals surface area contributed by atoms with Gasteiger partial charge in [-0.2, -0.15) is 0 Å². The zero-order valence-electron chi connectivity index (χ0n) is 13.2. The normalized spacial score (nSPS) is 11.3. The molecular weight excluding hydrogens is 311 g/mol. The van der Waals surface area contributed by atoms with Crippen molar-refractivity contribution in [3.05, 3.63) is 59.7 Å². The Kier molecular flexibility index (Phi) is 4.33. The summed E-state index contributed by atoms with van der Waals surface area (Å²) in [5.41, 5.74) is 2.16. The minimum Gasteiger partial charge on any atom is -0.469 e. The fraction of sp³-hybridized carbons (Fsp3) is 0.176. The van der Waals surface area contributed by atoms with Crippen molar-refractivity contribution in [3.8, 4) is 0 Å². The monoisotopic (exact) mass is 326 g/mol. The lowest BCUT2D eigenvalue weighted by molar-refractivity contribution is -0.139. The quantitative estimate of drug-likeness (QED) is 0.539. The lowest BCUT2D eigenvalue weighted by Crippen LogP contribution is -2.04. The number of carbonyl (C=O) groups is 1. The molecule has 3 aromatic rings. The number of aryl methyl sites for hydroxylation is 1. The average molecular weight is 326 g/mol. The Labute approximate surface area is 137 Å². The Morgan fingerprint density at radius 3 is 2.79 bits per heavy atom. The Morgan fingerprint density at radius 1 is 1.25 bits per heavy atom. The zero-order valence-corrected chi connectivity index (χ0v) is 13.2. The first-order valence-corrected chi connectivity index (χ1v) is 7.29. The predicted molar refractivity (Wildman–Crippen MR) is 86.2 cm³/mol. The van der Waals surface area contributed by atoms with Crippen LogP contribution >= 0.6 is 0 Å². The van der Waals surface area contributed by atoms with Crippen molar-refractivity contribution in [3.63, 3.8) is 0 Å². The van der Waals surface area contributed by atoms with E-state index < -0.39 is 11.8 Å². The number of hydrogen-bond acceptors (Lipinski definition) is 5. The van der Waals surface area contributed by atoms with Gasteiger partial charge in [-0.25, -0.2) is 9.37 Å². The molecule has 0 aliphatic carbocycles. The molecule has 0 saturated heterocycles. The first-order valence-electron chi connectivity index (χ1n) is 7.29. The van der Waals surface area contributed by atoms with E-state index in [0.717, 1.165) is 5.56 Å². The number of nitrogens with zero attached hydrogens (tertiary/aromatic N) is 4. The molecule has 0 aliphatic heterocycles. The second-order valence-corrected chi connectivity index (χ2v) is 5.22. The van der Waals surface area contributed by atoms with Crippen LogP contribution in [-0.2, 0) is 16.0 Å². The Bertz CT molecular complexity index is 933. The smallest absolute Gasteiger partial charge is 0.311 e. The fourth-order valence-electron chi connectivity index (χ4n) is 2.25. The highest BCUT2D eigenvalue weighted by molar-refractivity contribution is 5.74. The molecule has 0 bridgehead atoms. The summed E-state index contributed by atoms with van der Waals surface area (Å²) < 4.78 is 20.1. The molecule has 7 heteroatoms. The van der Waals surface area contributed by atoms with E-state index in [-0.39, 0.29) is 12.1 Å². The topological polar surface area (TPSA) is 68.3 Å². The highest BCUT2D eigenvalue weighted by Crippen LogP contribution is 2.26. The maximum absolute atomic E-state index is 13.7. The number of pyridine rings is 1. The van der Waals surface area contributed by atoms with Gasteiger partial charge in [-0.3, -0.25) is 9.20 Å². The minimum absolute atomic E-state index is 0.0388. The van der Waals surface area contributed by atoms with E-state index in [1.165, 1.54) is 19.2 Å². The number of benzene rings is 1. The number of ether oxygens (including phenoxy) is 1. The SMILES string of the molecule is COC(=O)Cc1nc2ccc(C)cn2c1N=Nc1ccccc1F. The minimum atomic E-state index is -0.472. The van der Waals surface area contributed by atoms with Gasteiger partial charge in [0.05, 0.1) is 19.2 Å². The molecule has 6 nitrogen and oxygen atoms in total. The third-order valence-corrected chi connectivity index (χ3v) is 3.46. The highest BCUT2D eigenvalue weighted by Gasteiger charge is 2.16. The Morgan fingerprint density at radius 2 is 2.04 bits per heavy atom. The number of halogens is 1. The second kappa shape index (κ2) is 6.57. The maximum atomic E-state index is 13.7. The molecule has 0 aliphatic rings. The number of hydrogen-bond donors (Lipinski definition) is 0. The van der Waals surface area contributed by atoms with Gasteiger partial charge in [0, 0.05) is 6.20 Å². The van der Waals surface area contributed by atoms with Gasteiger partial charge in [-0.1, -0.05) is 18.2 Å². The molecule has 0 atom stereocenters. The molecule has 0 fully saturated rings. The number of carbonyl (C=O) groups excluding carboxylic acids is 1. The van der Waals surface area contributed by atoms with Crippen LogP contribution in [0.5, 0.6) is 0 Å². The number of rotatable bonds is 4. The summed E-state index contributed by atoms with van der Waals surface area (Å²) in [6, 6.07) is 9.80. The standard InChI is InChI=1S/C17H15FN4O2/c1-11-7-8-15-19-14(9-16(23)24-2)17(22(15)10-11)21-20-13-6-4-3-5-12(13)18/h3-8,10H,9H2,1-2H3. The number of esters is 1. The molecule has 2 aromatic heterocycles. The van der Waals surface area contributed by atoms with Crippen LogP contribution in [0.25, 0.3) is 5.65 Å². The molecule has 2 heterocycles. The van der Waals surface area contributed by atoms with Crippen molar-refractivity contribution in [1.82, 2.24) is 9.38 Å². The number of fused-ring (bicyclic) bond motifs is 1. The van der Waals surface area contributed by atoms with Crippen molar-refractivity contribution >= 4 is 23.1 Å². The molecule has 0 radical (unpaired) electrons. The molecule has 3 rings (SSSR count). The number of methoxy groups -OCH3 is 1. The van der Waals surface area contributed by atoms with Crippen LogP contribution in [-0.4, -0.2) is 22.5 Å². The molecule has 0 unspecified atom stereocenters. The van der Waals surface area contributed by atoms with Crippen LogP contribution in [0.1, 0.15) is 11.3 Å². The van der Waals surface area contributed by atoms with Gasteiger partial charge in [0.1, 0.15) is 11.3 Å². The van der Waals surface area contributed by atoms with Gasteiger partial charge in [0.25, 0.3) is 0 Å². The molecule has 24 heavy (non-hydrogen) atoms. The van der Waals surface area contributed by atoms with Crippen LogP contribution < -0.4 is 0 Å². The largest absolute Gasteiger partial charge is 0.469 e. The van der Waals surface area contributed by atoms with E-state index in [9.17, 15) is 9.18 Å². The first-order chi connectivity index (χ1) is 11.6. The van der Waals surface area contributed by atoms with Crippen molar-refractivity contribution in [1.29, 1.82) is 0 Å². The van der Waals surface area contributed by atoms with Crippen molar-refractivity contribution < 1.29 is 13.9 Å². The summed E-state index contributed by atoms with van der Waals surface area (Å²) >= 11 is 0. The van der Waals surface area contributed by atoms with Gasteiger partial charge in [-0.05, 0) is 30.7 Å². The summed E-state index contributed by atoms with van der Waals surface area (Å²) in [5.74, 6) is -0.527. The summed E-state index contributed by atoms with van der Waals surface area (Å²) in [6.07, 6.45) is 1.79. The van der Waals surface area contributed by atoms with Crippen LogP contribution in [0, 0.1) is 12.7 Å². The molecule has 0 spiro atoms. The fourth-order valence-corrected chi connectivity index (χ4v) is 2.25. The molecule has 1 aromatic carbocycles. The number of aromatic nitrogens is 2. The second-order valence-electron chi connectivity index (χ2n) is 5.22. The predicted octanol–water partition coefficient (Wildman–Crippen LogP) is 3.91. The van der Waals surface area contributed by atoms with E-state index >= 15 is 0 Å². The Balaban J connectivity index is 2.09. The maximum Gasteiger partial charge on any atom is 0.311 e. The van der Waals surface area contributed by atoms with Crippen LogP contribution in [0.2, 0.25) is 0 Å². The highest BCUT2D eigenvalue weighted by atomic mass is 19.1. The van der Waals surface area contributed by atoms with Gasteiger partial charge < -0.3 is 4.74 Å². The summed E-state index contributed by atoms with van der Waals surface area (Å²) in [5, 5.41) is 8.09. The van der Waals surface area contributed by atoms with Crippen molar-refractivity contribution in [2.24, 2.45) is 10.2 Å². The lowest BCUT2D eigenvalue weighted by Gasteiger charge is -2.00. The molecule has 0 amide bonds. The molecule has 0 saturated carbocycles. The van der Waals surface area contributed by atoms with E-state index in [1.807, 2.05) is 25.3 Å². The summed E-state index contributed by atoms with van der Waals surface area (Å²) in [7, 11) is 1.31. The Hall–Kier alpha value is -3.09. The molecular formula is C17H15FN4O2. The first kappa shape index (κ1) is 15.8. The average Bonchev–Trinajstić information content (AvgIpc) is 2.90. The van der Waals surface area contributed by atoms with E-state index in [1.54, 1.807) is 16.5 Å². The van der Waals surface area contributed by atoms with Crippen molar-refractivity contribution in [2.75, 3.05) is 7.11 Å². The van der Waals surface area contributed by atoms with Crippen LogP contribution in [0.15, 0.2) is 52.8 Å². The number of imidazole rings is 1. The summed E-state index contributed by atoms with van der Waals surface area (Å²) in [4.78, 5) is 16.0. The van der Waals surface area contributed by atoms with E-state index in [4.69, 9.17) is 4.74 Å². The lowest BCUT2D eigenvalue weighted by atomic mass is 10.3. The summed E-state index contributed by atoms with van der Waals surface area (Å²) in [6.45, 7) is 1.93. The van der Waals surface area contributed by atoms with Crippen LogP contribution in [0.3, 0.4) is 0 Å².